The molecule has 1 N–H and O–H groups in total. The van der Waals surface area contributed by atoms with Gasteiger partial charge in [0.05, 0.1) is 0 Å². The highest BCUT2D eigenvalue weighted by atomic mass is 15.0. The van der Waals surface area contributed by atoms with Crippen LogP contribution in [0.1, 0.15) is 79.1 Å². The molecule has 19 heavy (non-hydrogen) atoms. The predicted molar refractivity (Wildman–Crippen MR) is 82.2 cm³/mol. The lowest BCUT2D eigenvalue weighted by Gasteiger charge is -2.65. The summed E-state index contributed by atoms with van der Waals surface area (Å²) in [5, 5.41) is 4.06. The van der Waals surface area contributed by atoms with Gasteiger partial charge in [0.1, 0.15) is 0 Å². The van der Waals surface area contributed by atoms with Gasteiger partial charge in [-0.2, -0.15) is 0 Å². The van der Waals surface area contributed by atoms with E-state index in [1.165, 1.54) is 57.9 Å². The third-order valence-corrected chi connectivity index (χ3v) is 6.23. The fourth-order valence-electron chi connectivity index (χ4n) is 6.63. The first-order valence-electron chi connectivity index (χ1n) is 8.61. The third-order valence-electron chi connectivity index (χ3n) is 6.23. The highest BCUT2D eigenvalue weighted by Gasteiger charge is 2.59. The maximum atomic E-state index is 4.06. The minimum Gasteiger partial charge on any atom is -0.311 e. The summed E-state index contributed by atoms with van der Waals surface area (Å²) in [7, 11) is 0. The normalized spacial score (nSPS) is 49.6. The van der Waals surface area contributed by atoms with Crippen molar-refractivity contribution in [3.8, 4) is 0 Å². The lowest BCUT2D eigenvalue weighted by atomic mass is 9.43. The summed E-state index contributed by atoms with van der Waals surface area (Å²) in [5.74, 6) is 1.86. The van der Waals surface area contributed by atoms with Crippen LogP contribution < -0.4 is 5.32 Å². The Morgan fingerprint density at radius 2 is 1.68 bits per heavy atom. The van der Waals surface area contributed by atoms with Crippen molar-refractivity contribution in [3.63, 3.8) is 0 Å². The highest BCUT2D eigenvalue weighted by molar-refractivity contribution is 5.14. The SMILES string of the molecule is CCCC(C)CNC12CC3CC(C)(CC(C)(C3)C1)C2. The van der Waals surface area contributed by atoms with Gasteiger partial charge in [-0.25, -0.2) is 0 Å². The van der Waals surface area contributed by atoms with Crippen LogP contribution in [-0.4, -0.2) is 12.1 Å². The summed E-state index contributed by atoms with van der Waals surface area (Å²) in [4.78, 5) is 0. The van der Waals surface area contributed by atoms with E-state index in [1.54, 1.807) is 0 Å². The van der Waals surface area contributed by atoms with Crippen molar-refractivity contribution < 1.29 is 0 Å². The quantitative estimate of drug-likeness (QED) is 0.754. The molecule has 1 heteroatoms. The Balaban J connectivity index is 1.70. The fourth-order valence-corrected chi connectivity index (χ4v) is 6.63. The van der Waals surface area contributed by atoms with Crippen LogP contribution in [0.4, 0.5) is 0 Å². The van der Waals surface area contributed by atoms with E-state index in [1.807, 2.05) is 0 Å². The van der Waals surface area contributed by atoms with Gasteiger partial charge in [0.2, 0.25) is 0 Å². The van der Waals surface area contributed by atoms with Crippen molar-refractivity contribution in [2.24, 2.45) is 22.7 Å². The molecular weight excluding hydrogens is 230 g/mol. The number of hydrogen-bond donors (Lipinski definition) is 1. The van der Waals surface area contributed by atoms with Crippen molar-refractivity contribution in [1.29, 1.82) is 0 Å². The van der Waals surface area contributed by atoms with Gasteiger partial charge in [-0.3, -0.25) is 0 Å². The molecule has 4 rings (SSSR count). The average Bonchev–Trinajstić information content (AvgIpc) is 2.22. The van der Waals surface area contributed by atoms with E-state index in [-0.39, 0.29) is 0 Å². The van der Waals surface area contributed by atoms with E-state index < -0.39 is 0 Å². The molecule has 0 aromatic heterocycles. The van der Waals surface area contributed by atoms with Crippen LogP contribution in [0.5, 0.6) is 0 Å². The molecule has 0 amide bonds. The van der Waals surface area contributed by atoms with Gasteiger partial charge in [0.15, 0.2) is 0 Å². The molecule has 4 bridgehead atoms. The van der Waals surface area contributed by atoms with E-state index >= 15 is 0 Å². The van der Waals surface area contributed by atoms with Gasteiger partial charge < -0.3 is 5.32 Å². The topological polar surface area (TPSA) is 12.0 Å². The molecule has 4 fully saturated rings. The van der Waals surface area contributed by atoms with Crippen LogP contribution in [0.15, 0.2) is 0 Å². The monoisotopic (exact) mass is 263 g/mol. The lowest BCUT2D eigenvalue weighted by Crippen LogP contribution is -2.64. The number of rotatable bonds is 5. The molecular formula is C18H33N. The van der Waals surface area contributed by atoms with Gasteiger partial charge >= 0.3 is 0 Å². The smallest absolute Gasteiger partial charge is 0.0194 e. The van der Waals surface area contributed by atoms with Crippen LogP contribution in [-0.2, 0) is 0 Å². The Labute approximate surface area is 119 Å². The van der Waals surface area contributed by atoms with E-state index in [4.69, 9.17) is 0 Å². The Bertz CT molecular complexity index is 330. The van der Waals surface area contributed by atoms with E-state index in [2.05, 4.69) is 33.0 Å². The largest absolute Gasteiger partial charge is 0.311 e. The van der Waals surface area contributed by atoms with Crippen molar-refractivity contribution in [2.45, 2.75) is 84.6 Å². The molecule has 4 saturated carbocycles. The third kappa shape index (κ3) is 2.60. The average molecular weight is 263 g/mol. The second kappa shape index (κ2) is 4.48. The van der Waals surface area contributed by atoms with Gasteiger partial charge in [-0.15, -0.1) is 0 Å². The van der Waals surface area contributed by atoms with Gasteiger partial charge in [0.25, 0.3) is 0 Å². The molecule has 0 aromatic rings. The fraction of sp³-hybridized carbons (Fsp3) is 1.00. The van der Waals surface area contributed by atoms with Crippen LogP contribution in [0.25, 0.3) is 0 Å². The van der Waals surface area contributed by atoms with Crippen LogP contribution in [0, 0.1) is 22.7 Å². The van der Waals surface area contributed by atoms with Crippen LogP contribution in [0.2, 0.25) is 0 Å². The molecule has 4 aliphatic rings. The van der Waals surface area contributed by atoms with Gasteiger partial charge in [-0.05, 0) is 74.2 Å². The minimum atomic E-state index is 0.505. The highest BCUT2D eigenvalue weighted by Crippen LogP contribution is 2.66. The van der Waals surface area contributed by atoms with Crippen LogP contribution in [0.3, 0.4) is 0 Å². The first kappa shape index (κ1) is 13.9. The van der Waals surface area contributed by atoms with Crippen molar-refractivity contribution in [3.05, 3.63) is 0 Å². The molecule has 3 atom stereocenters. The Morgan fingerprint density at radius 3 is 2.21 bits per heavy atom. The second-order valence-electron chi connectivity index (χ2n) is 9.19. The van der Waals surface area contributed by atoms with E-state index in [0.29, 0.717) is 16.4 Å². The summed E-state index contributed by atoms with van der Waals surface area (Å²) in [6.07, 6.45) is 11.6. The zero-order valence-corrected chi connectivity index (χ0v) is 13.5. The first-order chi connectivity index (χ1) is 8.86. The molecule has 0 radical (unpaired) electrons. The maximum absolute atomic E-state index is 4.06. The summed E-state index contributed by atoms with van der Waals surface area (Å²) in [6.45, 7) is 11.1. The standard InChI is InChI=1S/C18H33N/c1-5-6-14(2)10-19-18-9-15-7-16(3,12-18)11-17(4,8-15)13-18/h14-15,19H,5-13H2,1-4H3. The van der Waals surface area contributed by atoms with Gasteiger partial charge in [-0.1, -0.05) is 34.1 Å². The summed E-state index contributed by atoms with van der Waals surface area (Å²) in [5.41, 5.74) is 1.80. The summed E-state index contributed by atoms with van der Waals surface area (Å²) >= 11 is 0. The number of nitrogens with one attached hydrogen (secondary N) is 1. The molecule has 0 aliphatic heterocycles. The van der Waals surface area contributed by atoms with Gasteiger partial charge in [0, 0.05) is 5.54 Å². The van der Waals surface area contributed by atoms with Crippen molar-refractivity contribution >= 4 is 0 Å². The molecule has 0 aromatic carbocycles. The molecule has 0 heterocycles. The molecule has 0 spiro atoms. The lowest BCUT2D eigenvalue weighted by molar-refractivity contribution is -0.118. The van der Waals surface area contributed by atoms with Crippen LogP contribution >= 0.6 is 0 Å². The zero-order chi connectivity index (χ0) is 13.7. The summed E-state index contributed by atoms with van der Waals surface area (Å²) < 4.78 is 0. The molecule has 110 valence electrons. The Morgan fingerprint density at radius 1 is 1.05 bits per heavy atom. The van der Waals surface area contributed by atoms with E-state index in [0.717, 1.165) is 11.8 Å². The van der Waals surface area contributed by atoms with E-state index in [9.17, 15) is 0 Å². The zero-order valence-electron chi connectivity index (χ0n) is 13.5. The Hall–Kier alpha value is -0.0400. The molecule has 3 unspecified atom stereocenters. The van der Waals surface area contributed by atoms with Crippen molar-refractivity contribution in [1.82, 2.24) is 5.32 Å². The predicted octanol–water partition coefficient (Wildman–Crippen LogP) is 4.76. The minimum absolute atomic E-state index is 0.505. The summed E-state index contributed by atoms with van der Waals surface area (Å²) in [6, 6.07) is 0. The Kier molecular flexibility index (Phi) is 3.28. The number of hydrogen-bond acceptors (Lipinski definition) is 1. The molecule has 0 saturated heterocycles. The maximum Gasteiger partial charge on any atom is 0.0194 e. The second-order valence-corrected chi connectivity index (χ2v) is 9.19. The van der Waals surface area contributed by atoms with Crippen molar-refractivity contribution in [2.75, 3.05) is 6.54 Å². The molecule has 1 nitrogen and oxygen atoms in total. The first-order valence-corrected chi connectivity index (χ1v) is 8.61. The molecule has 4 aliphatic carbocycles.